The maximum atomic E-state index is 6.30. The molecular weight excluding hydrogens is 366 g/mol. The number of ether oxygens (including phenoxy) is 1. The van der Waals surface area contributed by atoms with Crippen molar-refractivity contribution in [2.45, 2.75) is 32.0 Å². The molecule has 0 saturated carbocycles. The van der Waals surface area contributed by atoms with Crippen molar-refractivity contribution >= 4 is 17.3 Å². The van der Waals surface area contributed by atoms with Gasteiger partial charge in [-0.1, -0.05) is 72.3 Å². The molecule has 4 rings (SSSR count). The van der Waals surface area contributed by atoms with Crippen LogP contribution in [0.4, 0.5) is 5.69 Å². The second kappa shape index (κ2) is 8.12. The van der Waals surface area contributed by atoms with Crippen molar-refractivity contribution in [1.82, 2.24) is 0 Å². The van der Waals surface area contributed by atoms with Crippen LogP contribution in [0.25, 0.3) is 0 Å². The Morgan fingerprint density at radius 1 is 0.786 bits per heavy atom. The lowest BCUT2D eigenvalue weighted by atomic mass is 10.0. The Morgan fingerprint density at radius 2 is 1.36 bits per heavy atom. The third kappa shape index (κ3) is 3.79. The molecule has 3 aromatic carbocycles. The van der Waals surface area contributed by atoms with Crippen molar-refractivity contribution in [1.29, 1.82) is 0 Å². The summed E-state index contributed by atoms with van der Waals surface area (Å²) >= 11 is 6.17. The molecule has 0 aliphatic carbocycles. The summed E-state index contributed by atoms with van der Waals surface area (Å²) < 4.78 is 6.30. The van der Waals surface area contributed by atoms with Crippen LogP contribution in [0.1, 0.15) is 37.1 Å². The van der Waals surface area contributed by atoms with Crippen molar-refractivity contribution in [3.63, 3.8) is 0 Å². The zero-order valence-electron chi connectivity index (χ0n) is 16.1. The lowest BCUT2D eigenvalue weighted by Crippen LogP contribution is -2.28. The van der Waals surface area contributed by atoms with E-state index in [1.807, 2.05) is 18.2 Å². The molecule has 0 aromatic heterocycles. The summed E-state index contributed by atoms with van der Waals surface area (Å²) in [5, 5.41) is 0.738. The lowest BCUT2D eigenvalue weighted by Gasteiger charge is -2.34. The van der Waals surface area contributed by atoms with Gasteiger partial charge in [0.2, 0.25) is 0 Å². The van der Waals surface area contributed by atoms with E-state index in [9.17, 15) is 0 Å². The fourth-order valence-corrected chi connectivity index (χ4v) is 3.92. The van der Waals surface area contributed by atoms with E-state index in [0.717, 1.165) is 16.5 Å². The number of nitrogens with zero attached hydrogens (tertiary/aromatic N) is 1. The predicted octanol–water partition coefficient (Wildman–Crippen LogP) is 6.95. The third-order valence-corrected chi connectivity index (χ3v) is 5.17. The first kappa shape index (κ1) is 18.6. The average Bonchev–Trinajstić information content (AvgIpc) is 3.08. The van der Waals surface area contributed by atoms with Gasteiger partial charge in [0, 0.05) is 10.7 Å². The van der Waals surface area contributed by atoms with E-state index in [2.05, 4.69) is 91.6 Å². The fraction of sp³-hybridized carbons (Fsp3) is 0.200. The van der Waals surface area contributed by atoms with Crippen molar-refractivity contribution in [3.05, 3.63) is 113 Å². The van der Waals surface area contributed by atoms with Gasteiger partial charge in [-0.3, -0.25) is 0 Å². The summed E-state index contributed by atoms with van der Waals surface area (Å²) in [5.41, 5.74) is 3.56. The Labute approximate surface area is 172 Å². The second-order valence-corrected chi connectivity index (χ2v) is 7.72. The number of hydrogen-bond acceptors (Lipinski definition) is 2. The number of benzene rings is 3. The van der Waals surface area contributed by atoms with Crippen LogP contribution in [0, 0.1) is 0 Å². The number of halogens is 1. The standard InChI is InChI=1S/C25H24ClNO/c1-18(2)28-24-17-23(19-9-5-3-6-10-19)27(22-15-13-21(26)14-16-22)25(24)20-11-7-4-8-12-20/h3-18,23,25H,1-2H3. The molecule has 0 amide bonds. The first-order valence-corrected chi connectivity index (χ1v) is 10.0. The van der Waals surface area contributed by atoms with Crippen molar-refractivity contribution in [2.24, 2.45) is 0 Å². The molecule has 0 fully saturated rings. The fourth-order valence-electron chi connectivity index (χ4n) is 3.79. The lowest BCUT2D eigenvalue weighted by molar-refractivity contribution is 0.136. The Balaban J connectivity index is 1.86. The number of hydrogen-bond donors (Lipinski definition) is 0. The largest absolute Gasteiger partial charge is 0.493 e. The molecule has 0 spiro atoms. The highest BCUT2D eigenvalue weighted by molar-refractivity contribution is 6.30. The van der Waals surface area contributed by atoms with E-state index in [0.29, 0.717) is 0 Å². The minimum atomic E-state index is 0.00924. The topological polar surface area (TPSA) is 12.5 Å². The predicted molar refractivity (Wildman–Crippen MR) is 117 cm³/mol. The monoisotopic (exact) mass is 389 g/mol. The van der Waals surface area contributed by atoms with Crippen LogP contribution in [0.3, 0.4) is 0 Å². The van der Waals surface area contributed by atoms with Crippen LogP contribution >= 0.6 is 11.6 Å². The third-order valence-electron chi connectivity index (χ3n) is 4.92. The number of anilines is 1. The van der Waals surface area contributed by atoms with E-state index in [-0.39, 0.29) is 18.2 Å². The molecule has 0 bridgehead atoms. The van der Waals surface area contributed by atoms with Crippen LogP contribution < -0.4 is 4.90 Å². The first-order chi connectivity index (χ1) is 13.6. The molecule has 1 aliphatic heterocycles. The van der Waals surface area contributed by atoms with E-state index in [1.165, 1.54) is 11.1 Å². The average molecular weight is 390 g/mol. The van der Waals surface area contributed by atoms with Crippen LogP contribution in [-0.2, 0) is 4.74 Å². The van der Waals surface area contributed by atoms with E-state index in [1.54, 1.807) is 0 Å². The molecule has 1 aliphatic rings. The molecule has 2 atom stereocenters. The van der Waals surface area contributed by atoms with Gasteiger partial charge >= 0.3 is 0 Å². The van der Waals surface area contributed by atoms with Crippen LogP contribution in [0.5, 0.6) is 0 Å². The van der Waals surface area contributed by atoms with Gasteiger partial charge in [0.1, 0.15) is 11.8 Å². The molecule has 2 unspecified atom stereocenters. The highest BCUT2D eigenvalue weighted by Crippen LogP contribution is 2.47. The molecular formula is C25H24ClNO. The molecule has 28 heavy (non-hydrogen) atoms. The number of rotatable bonds is 5. The Kier molecular flexibility index (Phi) is 5.40. The van der Waals surface area contributed by atoms with Gasteiger partial charge in [0.05, 0.1) is 12.1 Å². The van der Waals surface area contributed by atoms with E-state index in [4.69, 9.17) is 16.3 Å². The normalized spacial score (nSPS) is 19.0. The van der Waals surface area contributed by atoms with Crippen LogP contribution in [0.15, 0.2) is 96.8 Å². The Hall–Kier alpha value is -2.71. The molecule has 3 aromatic rings. The van der Waals surface area contributed by atoms with Gasteiger partial charge in [0.25, 0.3) is 0 Å². The molecule has 142 valence electrons. The summed E-state index contributed by atoms with van der Waals surface area (Å²) in [6.07, 6.45) is 2.36. The van der Waals surface area contributed by atoms with Crippen LogP contribution in [-0.4, -0.2) is 6.10 Å². The quantitative estimate of drug-likeness (QED) is 0.468. The smallest absolute Gasteiger partial charge is 0.122 e. The minimum absolute atomic E-state index is 0.00924. The molecule has 2 nitrogen and oxygen atoms in total. The van der Waals surface area contributed by atoms with E-state index >= 15 is 0 Å². The molecule has 3 heteroatoms. The highest BCUT2D eigenvalue weighted by atomic mass is 35.5. The van der Waals surface area contributed by atoms with Gasteiger partial charge in [-0.2, -0.15) is 0 Å². The highest BCUT2D eigenvalue weighted by Gasteiger charge is 2.38. The summed E-state index contributed by atoms with van der Waals surface area (Å²) in [6.45, 7) is 4.15. The van der Waals surface area contributed by atoms with Gasteiger partial charge < -0.3 is 9.64 Å². The van der Waals surface area contributed by atoms with Crippen LogP contribution in [0.2, 0.25) is 5.02 Å². The van der Waals surface area contributed by atoms with Gasteiger partial charge in [0.15, 0.2) is 0 Å². The zero-order chi connectivity index (χ0) is 19.5. The zero-order valence-corrected chi connectivity index (χ0v) is 16.9. The molecule has 0 radical (unpaired) electrons. The summed E-state index contributed by atoms with van der Waals surface area (Å²) in [5.74, 6) is 0.991. The molecule has 0 saturated heterocycles. The maximum absolute atomic E-state index is 6.30. The van der Waals surface area contributed by atoms with Crippen molar-refractivity contribution in [2.75, 3.05) is 4.90 Å². The first-order valence-electron chi connectivity index (χ1n) is 9.65. The van der Waals surface area contributed by atoms with Gasteiger partial charge in [-0.25, -0.2) is 0 Å². The summed E-state index contributed by atoms with van der Waals surface area (Å²) in [4.78, 5) is 2.42. The van der Waals surface area contributed by atoms with Crippen molar-refractivity contribution in [3.8, 4) is 0 Å². The minimum Gasteiger partial charge on any atom is -0.493 e. The van der Waals surface area contributed by atoms with E-state index < -0.39 is 0 Å². The Morgan fingerprint density at radius 3 is 1.93 bits per heavy atom. The SMILES string of the molecule is CC(C)OC1=CC(c2ccccc2)N(c2ccc(Cl)cc2)C1c1ccccc1. The molecule has 0 N–H and O–H groups in total. The van der Waals surface area contributed by atoms with Crippen molar-refractivity contribution < 1.29 is 4.74 Å². The van der Waals surface area contributed by atoms with Gasteiger partial charge in [-0.05, 0) is 55.3 Å². The summed E-state index contributed by atoms with van der Waals surface area (Å²) in [7, 11) is 0. The second-order valence-electron chi connectivity index (χ2n) is 7.29. The maximum Gasteiger partial charge on any atom is 0.122 e. The Bertz CT molecular complexity index is 935. The summed E-state index contributed by atoms with van der Waals surface area (Å²) in [6, 6.07) is 29.3. The molecule has 1 heterocycles. The van der Waals surface area contributed by atoms with Gasteiger partial charge in [-0.15, -0.1) is 0 Å².